The number of methoxy groups -OCH3 is 1. The molecule has 1 aliphatic rings. The van der Waals surface area contributed by atoms with Gasteiger partial charge in [0.2, 0.25) is 5.91 Å². The number of H-pyrrole nitrogens is 1. The monoisotopic (exact) mass is 403 g/mol. The number of hydrogen-bond acceptors (Lipinski definition) is 5. The van der Waals surface area contributed by atoms with Gasteiger partial charge in [0.05, 0.1) is 13.5 Å². The van der Waals surface area contributed by atoms with Crippen LogP contribution in [0.3, 0.4) is 0 Å². The Bertz CT molecular complexity index is 796. The fourth-order valence-electron chi connectivity index (χ4n) is 2.84. The molecule has 1 unspecified atom stereocenters. The molecule has 0 spiro atoms. The number of aromatic amines is 1. The molecule has 2 heterocycles. The lowest BCUT2D eigenvalue weighted by Crippen LogP contribution is -2.44. The minimum atomic E-state index is -0.621. The number of rotatable bonds is 4. The standard InChI is InChI=1S/C14H14N2O3.C5H13N.C3H6O/c1-19-14(18)11-5-9-7-15-10-4-2-3-8(13(9)10)6-12(17)16-11;1-4-6(3)5-2;1-2-3-4/h2-4,7,11,15H,5-6H2,1H3,(H,16,17);4-5H2,1-3H3;3H,2H2,1H3. The lowest BCUT2D eigenvalue weighted by Gasteiger charge is -2.19. The number of esters is 1. The van der Waals surface area contributed by atoms with Crippen molar-refractivity contribution < 1.29 is 19.1 Å². The number of aromatic nitrogens is 1. The molecule has 29 heavy (non-hydrogen) atoms. The molecular weight excluding hydrogens is 370 g/mol. The Balaban J connectivity index is 0.000000353. The third kappa shape index (κ3) is 7.34. The number of carbonyl (C=O) groups excluding carboxylic acids is 3. The van der Waals surface area contributed by atoms with E-state index in [4.69, 9.17) is 4.74 Å². The summed E-state index contributed by atoms with van der Waals surface area (Å²) >= 11 is 0. The molecule has 7 nitrogen and oxygen atoms in total. The van der Waals surface area contributed by atoms with Gasteiger partial charge in [-0.2, -0.15) is 0 Å². The van der Waals surface area contributed by atoms with Crippen molar-refractivity contribution in [1.29, 1.82) is 0 Å². The summed E-state index contributed by atoms with van der Waals surface area (Å²) in [5.41, 5.74) is 3.00. The Morgan fingerprint density at radius 2 is 1.90 bits per heavy atom. The Morgan fingerprint density at radius 1 is 1.24 bits per heavy atom. The normalized spacial score (nSPS) is 15.1. The van der Waals surface area contributed by atoms with Gasteiger partial charge in [-0.15, -0.1) is 0 Å². The molecule has 0 aliphatic carbocycles. The molecule has 1 aromatic heterocycles. The number of ether oxygens (including phenoxy) is 1. The molecule has 0 saturated carbocycles. The molecule has 0 radical (unpaired) electrons. The van der Waals surface area contributed by atoms with Crippen molar-refractivity contribution in [3.05, 3.63) is 35.5 Å². The van der Waals surface area contributed by atoms with Gasteiger partial charge in [-0.25, -0.2) is 4.79 Å². The maximum atomic E-state index is 11.9. The highest BCUT2D eigenvalue weighted by molar-refractivity contribution is 5.94. The van der Waals surface area contributed by atoms with Crippen molar-refractivity contribution in [3.63, 3.8) is 0 Å². The summed E-state index contributed by atoms with van der Waals surface area (Å²) in [4.78, 5) is 38.2. The SMILES string of the molecule is CCC=O.CCN(C)CC.COC(=O)C1Cc2c[nH]c3cccc(c23)CC(=O)N1. The summed E-state index contributed by atoms with van der Waals surface area (Å²) in [7, 11) is 3.44. The summed E-state index contributed by atoms with van der Waals surface area (Å²) in [5.74, 6) is -0.572. The summed E-state index contributed by atoms with van der Waals surface area (Å²) < 4.78 is 4.73. The maximum absolute atomic E-state index is 11.9. The number of nitrogens with zero attached hydrogens (tertiary/aromatic N) is 1. The second-order valence-electron chi connectivity index (χ2n) is 6.74. The zero-order valence-corrected chi connectivity index (χ0v) is 18.1. The summed E-state index contributed by atoms with van der Waals surface area (Å²) in [6.07, 6.45) is 4.12. The number of aldehydes is 1. The minimum Gasteiger partial charge on any atom is -0.467 e. The smallest absolute Gasteiger partial charge is 0.328 e. The van der Waals surface area contributed by atoms with Crippen LogP contribution < -0.4 is 5.32 Å². The van der Waals surface area contributed by atoms with Gasteiger partial charge < -0.3 is 24.7 Å². The quantitative estimate of drug-likeness (QED) is 0.604. The van der Waals surface area contributed by atoms with Crippen LogP contribution >= 0.6 is 0 Å². The number of hydrogen-bond donors (Lipinski definition) is 2. The predicted molar refractivity (Wildman–Crippen MR) is 115 cm³/mol. The van der Waals surface area contributed by atoms with E-state index in [2.05, 4.69) is 36.1 Å². The van der Waals surface area contributed by atoms with E-state index in [-0.39, 0.29) is 12.3 Å². The van der Waals surface area contributed by atoms with E-state index in [1.807, 2.05) is 31.3 Å². The van der Waals surface area contributed by atoms with Crippen molar-refractivity contribution in [2.24, 2.45) is 0 Å². The van der Waals surface area contributed by atoms with E-state index < -0.39 is 12.0 Å². The van der Waals surface area contributed by atoms with E-state index >= 15 is 0 Å². The van der Waals surface area contributed by atoms with Crippen molar-refractivity contribution in [2.45, 2.75) is 46.1 Å². The van der Waals surface area contributed by atoms with Crippen LogP contribution in [-0.4, -0.2) is 61.3 Å². The number of carbonyl (C=O) groups is 3. The fraction of sp³-hybridized carbons (Fsp3) is 0.500. The Kier molecular flexibility index (Phi) is 10.7. The van der Waals surface area contributed by atoms with Gasteiger partial charge in [-0.1, -0.05) is 32.9 Å². The molecule has 3 rings (SSSR count). The van der Waals surface area contributed by atoms with Crippen LogP contribution in [0.2, 0.25) is 0 Å². The summed E-state index contributed by atoms with van der Waals surface area (Å²) in [5, 5.41) is 3.76. The molecular formula is C22H33N3O4. The lowest BCUT2D eigenvalue weighted by atomic mass is 9.96. The average Bonchev–Trinajstić information content (AvgIpc) is 3.15. The third-order valence-corrected chi connectivity index (χ3v) is 4.72. The molecule has 1 amide bonds. The van der Waals surface area contributed by atoms with Gasteiger partial charge in [-0.05, 0) is 37.3 Å². The van der Waals surface area contributed by atoms with Crippen LogP contribution in [0.1, 0.15) is 38.3 Å². The number of nitrogens with one attached hydrogen (secondary N) is 2. The molecule has 0 bridgehead atoms. The number of amides is 1. The average molecular weight is 404 g/mol. The van der Waals surface area contributed by atoms with Gasteiger partial charge in [-0.3, -0.25) is 4.79 Å². The first-order valence-electron chi connectivity index (χ1n) is 9.98. The largest absolute Gasteiger partial charge is 0.467 e. The molecule has 1 atom stereocenters. The van der Waals surface area contributed by atoms with Crippen molar-refractivity contribution in [2.75, 3.05) is 27.2 Å². The van der Waals surface area contributed by atoms with E-state index in [9.17, 15) is 14.4 Å². The van der Waals surface area contributed by atoms with E-state index in [0.717, 1.165) is 41.4 Å². The lowest BCUT2D eigenvalue weighted by molar-refractivity contribution is -0.145. The first kappa shape index (κ1) is 24.4. The van der Waals surface area contributed by atoms with Crippen molar-refractivity contribution >= 4 is 29.1 Å². The Hall–Kier alpha value is -2.67. The van der Waals surface area contributed by atoms with Crippen LogP contribution in [0.15, 0.2) is 24.4 Å². The second-order valence-corrected chi connectivity index (χ2v) is 6.74. The van der Waals surface area contributed by atoms with Crippen LogP contribution in [0.4, 0.5) is 0 Å². The Labute approximate surface area is 172 Å². The van der Waals surface area contributed by atoms with Crippen LogP contribution in [0.25, 0.3) is 10.9 Å². The maximum Gasteiger partial charge on any atom is 0.328 e. The first-order valence-corrected chi connectivity index (χ1v) is 9.98. The third-order valence-electron chi connectivity index (χ3n) is 4.72. The van der Waals surface area contributed by atoms with Gasteiger partial charge in [0.1, 0.15) is 12.3 Å². The minimum absolute atomic E-state index is 0.158. The van der Waals surface area contributed by atoms with E-state index in [1.54, 1.807) is 0 Å². The van der Waals surface area contributed by atoms with Gasteiger partial charge in [0.25, 0.3) is 0 Å². The second kappa shape index (κ2) is 12.7. The molecule has 7 heteroatoms. The van der Waals surface area contributed by atoms with E-state index in [1.165, 1.54) is 7.11 Å². The highest BCUT2D eigenvalue weighted by atomic mass is 16.5. The van der Waals surface area contributed by atoms with E-state index in [0.29, 0.717) is 12.8 Å². The zero-order valence-electron chi connectivity index (χ0n) is 18.1. The molecule has 1 aromatic carbocycles. The van der Waals surface area contributed by atoms with Gasteiger partial charge in [0, 0.05) is 29.9 Å². The van der Waals surface area contributed by atoms with Gasteiger partial charge in [0.15, 0.2) is 0 Å². The first-order chi connectivity index (χ1) is 13.9. The topological polar surface area (TPSA) is 91.5 Å². The Morgan fingerprint density at radius 3 is 2.41 bits per heavy atom. The summed E-state index contributed by atoms with van der Waals surface area (Å²) in [6.45, 7) is 8.45. The highest BCUT2D eigenvalue weighted by Gasteiger charge is 2.26. The highest BCUT2D eigenvalue weighted by Crippen LogP contribution is 2.25. The molecule has 1 aliphatic heterocycles. The van der Waals surface area contributed by atoms with Gasteiger partial charge >= 0.3 is 5.97 Å². The summed E-state index contributed by atoms with van der Waals surface area (Å²) in [6, 6.07) is 5.21. The molecule has 0 saturated heterocycles. The van der Waals surface area contributed by atoms with Crippen LogP contribution in [0.5, 0.6) is 0 Å². The van der Waals surface area contributed by atoms with Crippen molar-refractivity contribution in [3.8, 4) is 0 Å². The molecule has 2 N–H and O–H groups in total. The van der Waals surface area contributed by atoms with Crippen LogP contribution in [-0.2, 0) is 32.0 Å². The molecule has 2 aromatic rings. The van der Waals surface area contributed by atoms with Crippen LogP contribution in [0, 0.1) is 0 Å². The molecule has 0 fully saturated rings. The number of benzene rings is 1. The predicted octanol–water partition coefficient (Wildman–Crippen LogP) is 2.48. The van der Waals surface area contributed by atoms with Crippen molar-refractivity contribution in [1.82, 2.24) is 15.2 Å². The molecule has 160 valence electrons. The zero-order chi connectivity index (χ0) is 21.8. The fourth-order valence-corrected chi connectivity index (χ4v) is 2.84.